The third-order valence-corrected chi connectivity index (χ3v) is 5.00. The zero-order valence-electron chi connectivity index (χ0n) is 18.1. The molecule has 1 aliphatic rings. The molecule has 0 spiro atoms. The summed E-state index contributed by atoms with van der Waals surface area (Å²) in [6, 6.07) is 1.85. The summed E-state index contributed by atoms with van der Waals surface area (Å²) in [5, 5.41) is 2.78. The number of aromatic amines is 1. The van der Waals surface area contributed by atoms with E-state index < -0.39 is 30.0 Å². The van der Waals surface area contributed by atoms with Crippen LogP contribution in [0.25, 0.3) is 17.2 Å². The van der Waals surface area contributed by atoms with E-state index in [1.165, 1.54) is 0 Å². The number of hydrogen-bond acceptors (Lipinski definition) is 6. The minimum Gasteiger partial charge on any atom is -0.444 e. The van der Waals surface area contributed by atoms with E-state index in [9.17, 15) is 4.79 Å². The molecule has 1 aliphatic heterocycles. The number of nitrogens with zero attached hydrogens (tertiary/aromatic N) is 2. The first-order valence-corrected chi connectivity index (χ1v) is 9.69. The van der Waals surface area contributed by atoms with Crippen molar-refractivity contribution in [2.45, 2.75) is 65.3 Å². The Kier molecular flexibility index (Phi) is 5.49. The highest BCUT2D eigenvalue weighted by Crippen LogP contribution is 2.38. The van der Waals surface area contributed by atoms with Gasteiger partial charge in [0.15, 0.2) is 5.65 Å². The molecule has 29 heavy (non-hydrogen) atoms. The van der Waals surface area contributed by atoms with E-state index in [0.717, 1.165) is 11.0 Å². The first kappa shape index (κ1) is 21.3. The van der Waals surface area contributed by atoms with Crippen molar-refractivity contribution in [1.82, 2.24) is 20.3 Å². The highest BCUT2D eigenvalue weighted by atomic mass is 16.7. The van der Waals surface area contributed by atoms with E-state index in [2.05, 4.69) is 20.3 Å². The Bertz CT molecular complexity index is 914. The molecule has 0 bridgehead atoms. The maximum absolute atomic E-state index is 12.2. The molecular formula is C20H29BN4O4. The van der Waals surface area contributed by atoms with E-state index in [4.69, 9.17) is 14.0 Å². The van der Waals surface area contributed by atoms with Crippen LogP contribution in [-0.2, 0) is 14.0 Å². The van der Waals surface area contributed by atoms with Gasteiger partial charge in [0.05, 0.1) is 23.1 Å². The lowest BCUT2D eigenvalue weighted by Gasteiger charge is -2.32. The van der Waals surface area contributed by atoms with Crippen molar-refractivity contribution < 1.29 is 18.8 Å². The van der Waals surface area contributed by atoms with Crippen molar-refractivity contribution in [1.29, 1.82) is 0 Å². The number of alkyl carbamates (subject to hydrolysis) is 1. The third-order valence-electron chi connectivity index (χ3n) is 5.00. The number of ether oxygens (including phenoxy) is 1. The van der Waals surface area contributed by atoms with Crippen LogP contribution in [0, 0.1) is 0 Å². The Balaban J connectivity index is 1.86. The van der Waals surface area contributed by atoms with Gasteiger partial charge < -0.3 is 24.3 Å². The summed E-state index contributed by atoms with van der Waals surface area (Å²) in [5.74, 6) is 0. The Morgan fingerprint density at radius 1 is 1.28 bits per heavy atom. The van der Waals surface area contributed by atoms with Gasteiger partial charge in [0.1, 0.15) is 11.1 Å². The number of carbonyl (C=O) groups is 1. The second kappa shape index (κ2) is 7.46. The predicted molar refractivity (Wildman–Crippen MR) is 112 cm³/mol. The lowest BCUT2D eigenvalue weighted by molar-refractivity contribution is 0.00578. The van der Waals surface area contributed by atoms with Gasteiger partial charge in [-0.2, -0.15) is 0 Å². The number of nitrogens with one attached hydrogen (secondary N) is 2. The van der Waals surface area contributed by atoms with Crippen molar-refractivity contribution in [3.63, 3.8) is 0 Å². The topological polar surface area (TPSA) is 98.4 Å². The standard InChI is InChI=1S/C20H29BN4O4/c1-18(2,3)27-17(26)24-11-13(21-28-19(4,5)20(6,7)29-21)10-14-12-23-16-15(25-14)8-9-22-16/h8-10,12H,11H2,1-7H3,(H,22,23)(H,24,26). The molecule has 0 aromatic carbocycles. The van der Waals surface area contributed by atoms with E-state index in [0.29, 0.717) is 11.3 Å². The molecule has 2 N–H and O–H groups in total. The molecule has 1 saturated heterocycles. The lowest BCUT2D eigenvalue weighted by atomic mass is 9.77. The smallest absolute Gasteiger partial charge is 0.444 e. The van der Waals surface area contributed by atoms with Crippen molar-refractivity contribution >= 4 is 30.5 Å². The second-order valence-corrected chi connectivity index (χ2v) is 9.17. The zero-order chi connectivity index (χ0) is 21.4. The fourth-order valence-electron chi connectivity index (χ4n) is 2.79. The van der Waals surface area contributed by atoms with Crippen molar-refractivity contribution in [3.8, 4) is 0 Å². The highest BCUT2D eigenvalue weighted by Gasteiger charge is 2.52. The van der Waals surface area contributed by atoms with Crippen LogP contribution in [-0.4, -0.2) is 51.5 Å². The average molecular weight is 400 g/mol. The third kappa shape index (κ3) is 4.97. The van der Waals surface area contributed by atoms with E-state index in [1.54, 1.807) is 12.4 Å². The fraction of sp³-hybridized carbons (Fsp3) is 0.550. The minimum absolute atomic E-state index is 0.193. The maximum atomic E-state index is 12.2. The molecule has 3 heterocycles. The maximum Gasteiger partial charge on any atom is 0.492 e. The summed E-state index contributed by atoms with van der Waals surface area (Å²) in [6.45, 7) is 13.6. The number of hydrogen-bond donors (Lipinski definition) is 2. The summed E-state index contributed by atoms with van der Waals surface area (Å²) in [6.07, 6.45) is 4.78. The quantitative estimate of drug-likeness (QED) is 0.763. The van der Waals surface area contributed by atoms with Gasteiger partial charge in [-0.1, -0.05) is 0 Å². The van der Waals surface area contributed by atoms with Crippen LogP contribution in [0.2, 0.25) is 0 Å². The van der Waals surface area contributed by atoms with Crippen LogP contribution >= 0.6 is 0 Å². The number of amides is 1. The lowest BCUT2D eigenvalue weighted by Crippen LogP contribution is -2.41. The minimum atomic E-state index is -0.626. The van der Waals surface area contributed by atoms with Crippen LogP contribution in [0.3, 0.4) is 0 Å². The van der Waals surface area contributed by atoms with Crippen molar-refractivity contribution in [2.24, 2.45) is 0 Å². The van der Waals surface area contributed by atoms with Gasteiger partial charge >= 0.3 is 13.2 Å². The first-order valence-electron chi connectivity index (χ1n) is 9.69. The second-order valence-electron chi connectivity index (χ2n) is 9.17. The van der Waals surface area contributed by atoms with Crippen molar-refractivity contribution in [2.75, 3.05) is 6.54 Å². The van der Waals surface area contributed by atoms with Crippen LogP contribution in [0.1, 0.15) is 54.2 Å². The molecule has 0 aliphatic carbocycles. The van der Waals surface area contributed by atoms with Crippen LogP contribution in [0.4, 0.5) is 4.79 Å². The predicted octanol–water partition coefficient (Wildman–Crippen LogP) is 3.50. The monoisotopic (exact) mass is 400 g/mol. The van der Waals surface area contributed by atoms with Gasteiger partial charge in [-0.25, -0.2) is 14.8 Å². The Labute approximate surface area is 171 Å². The van der Waals surface area contributed by atoms with Gasteiger partial charge in [0.25, 0.3) is 0 Å². The summed E-state index contributed by atoms with van der Waals surface area (Å²) >= 11 is 0. The number of rotatable bonds is 4. The summed E-state index contributed by atoms with van der Waals surface area (Å²) in [7, 11) is -0.626. The molecule has 2 aromatic heterocycles. The number of aromatic nitrogens is 3. The molecule has 8 nitrogen and oxygen atoms in total. The highest BCUT2D eigenvalue weighted by molar-refractivity contribution is 6.56. The van der Waals surface area contributed by atoms with Crippen LogP contribution in [0.15, 0.2) is 23.9 Å². The first-order chi connectivity index (χ1) is 13.4. The average Bonchev–Trinajstić information content (AvgIpc) is 3.11. The van der Waals surface area contributed by atoms with Gasteiger partial charge in [0.2, 0.25) is 0 Å². The Morgan fingerprint density at radius 3 is 2.55 bits per heavy atom. The van der Waals surface area contributed by atoms with Crippen LogP contribution in [0.5, 0.6) is 0 Å². The Morgan fingerprint density at radius 2 is 1.93 bits per heavy atom. The number of H-pyrrole nitrogens is 1. The molecule has 0 saturated carbocycles. The molecule has 0 atom stereocenters. The summed E-state index contributed by atoms with van der Waals surface area (Å²) in [5.41, 5.74) is 1.26. The molecule has 0 radical (unpaired) electrons. The molecule has 2 aromatic rings. The van der Waals surface area contributed by atoms with Gasteiger partial charge in [-0.3, -0.25) is 0 Å². The number of carbonyl (C=O) groups excluding carboxylic acids is 1. The van der Waals surface area contributed by atoms with E-state index >= 15 is 0 Å². The Hall–Kier alpha value is -2.39. The molecule has 3 rings (SSSR count). The van der Waals surface area contributed by atoms with E-state index in [-0.39, 0.29) is 6.54 Å². The fourth-order valence-corrected chi connectivity index (χ4v) is 2.79. The molecule has 1 fully saturated rings. The summed E-state index contributed by atoms with van der Waals surface area (Å²) in [4.78, 5) is 24.1. The largest absolute Gasteiger partial charge is 0.492 e. The summed E-state index contributed by atoms with van der Waals surface area (Å²) < 4.78 is 17.7. The molecule has 1 amide bonds. The SMILES string of the molecule is CC(C)(C)OC(=O)NCC(=Cc1cnc2[nH]ccc2n1)B1OC(C)(C)C(C)(C)O1. The van der Waals surface area contributed by atoms with Gasteiger partial charge in [-0.05, 0) is 66.1 Å². The van der Waals surface area contributed by atoms with Gasteiger partial charge in [-0.15, -0.1) is 0 Å². The van der Waals surface area contributed by atoms with E-state index in [1.807, 2.05) is 60.6 Å². The molecule has 9 heteroatoms. The molecule has 156 valence electrons. The van der Waals surface area contributed by atoms with Crippen molar-refractivity contribution in [3.05, 3.63) is 29.6 Å². The van der Waals surface area contributed by atoms with Crippen LogP contribution < -0.4 is 5.32 Å². The zero-order valence-corrected chi connectivity index (χ0v) is 18.1. The molecular weight excluding hydrogens is 371 g/mol. The number of fused-ring (bicyclic) bond motifs is 1. The van der Waals surface area contributed by atoms with Gasteiger partial charge in [0, 0.05) is 12.7 Å². The normalized spacial score (nSPS) is 18.9. The molecule has 0 unspecified atom stereocenters.